The van der Waals surface area contributed by atoms with E-state index in [-0.39, 0.29) is 6.61 Å². The van der Waals surface area contributed by atoms with Crippen molar-refractivity contribution < 1.29 is 9.84 Å². The van der Waals surface area contributed by atoms with E-state index in [1.165, 1.54) is 11.8 Å². The molecule has 194 valence electrons. The predicted octanol–water partition coefficient (Wildman–Crippen LogP) is 3.26. The quantitative estimate of drug-likeness (QED) is 0.367. The maximum atomic E-state index is 10.0. The molecule has 1 aromatic carbocycles. The molecule has 0 spiro atoms. The number of aromatic nitrogens is 3. The molecule has 1 atom stereocenters. The summed E-state index contributed by atoms with van der Waals surface area (Å²) in [5.41, 5.74) is 11.7. The summed E-state index contributed by atoms with van der Waals surface area (Å²) < 4.78 is 5.82. The summed E-state index contributed by atoms with van der Waals surface area (Å²) in [4.78, 5) is 21.1. The number of anilines is 1. The van der Waals surface area contributed by atoms with Gasteiger partial charge in [-0.1, -0.05) is 17.7 Å². The molecule has 10 heteroatoms. The maximum Gasteiger partial charge on any atom is 0.163 e. The Morgan fingerprint density at radius 3 is 2.84 bits per heavy atom. The van der Waals surface area contributed by atoms with Gasteiger partial charge in [0.05, 0.1) is 28.7 Å². The van der Waals surface area contributed by atoms with Crippen LogP contribution in [0.5, 0.6) is 5.75 Å². The van der Waals surface area contributed by atoms with E-state index in [2.05, 4.69) is 26.3 Å². The van der Waals surface area contributed by atoms with Crippen molar-refractivity contribution in [3.05, 3.63) is 75.8 Å². The number of ether oxygens (including phenoxy) is 1. The second-order valence-corrected chi connectivity index (χ2v) is 9.30. The van der Waals surface area contributed by atoms with Gasteiger partial charge in [-0.05, 0) is 62.5 Å². The van der Waals surface area contributed by atoms with Gasteiger partial charge in [-0.15, -0.1) is 0 Å². The zero-order chi connectivity index (χ0) is 26.5. The first-order valence-electron chi connectivity index (χ1n) is 12.0. The van der Waals surface area contributed by atoms with Gasteiger partial charge in [0.1, 0.15) is 24.3 Å². The molecule has 4 N–H and O–H groups in total. The molecule has 4 rings (SSSR count). The van der Waals surface area contributed by atoms with Gasteiger partial charge in [-0.25, -0.2) is 9.97 Å². The van der Waals surface area contributed by atoms with Gasteiger partial charge in [-0.2, -0.15) is 0 Å². The van der Waals surface area contributed by atoms with E-state index in [4.69, 9.17) is 32.0 Å². The predicted molar refractivity (Wildman–Crippen MR) is 147 cm³/mol. The van der Waals surface area contributed by atoms with Crippen molar-refractivity contribution in [2.75, 3.05) is 32.1 Å². The Labute approximate surface area is 222 Å². The van der Waals surface area contributed by atoms with Gasteiger partial charge < -0.3 is 25.8 Å². The minimum absolute atomic E-state index is 0.138. The van der Waals surface area contributed by atoms with E-state index in [1.54, 1.807) is 32.3 Å². The molecule has 0 saturated carbocycles. The fourth-order valence-electron chi connectivity index (χ4n) is 4.31. The lowest BCUT2D eigenvalue weighted by atomic mass is 10.0. The fraction of sp³-hybridized carbons (Fsp3) is 0.333. The van der Waals surface area contributed by atoms with Crippen LogP contribution >= 0.6 is 11.6 Å². The minimum Gasteiger partial charge on any atom is -0.491 e. The van der Waals surface area contributed by atoms with Crippen LogP contribution in [0.25, 0.3) is 11.4 Å². The smallest absolute Gasteiger partial charge is 0.163 e. The molecule has 0 radical (unpaired) electrons. The minimum atomic E-state index is -0.641. The number of aliphatic hydroxyl groups is 1. The number of nitrogens with zero attached hydrogens (tertiary/aromatic N) is 5. The molecule has 3 aromatic rings. The van der Waals surface area contributed by atoms with Crippen molar-refractivity contribution >= 4 is 23.1 Å². The third kappa shape index (κ3) is 5.74. The van der Waals surface area contributed by atoms with Gasteiger partial charge in [-0.3, -0.25) is 9.98 Å². The highest BCUT2D eigenvalue weighted by Crippen LogP contribution is 2.35. The zero-order valence-corrected chi connectivity index (χ0v) is 22.3. The number of aliphatic imine (C=N–C) groups is 1. The number of halogens is 1. The molecular weight excluding hydrogens is 490 g/mol. The molecular formula is C27H32ClN7O2. The Bertz CT molecular complexity index is 1320. The van der Waals surface area contributed by atoms with E-state index in [0.717, 1.165) is 22.6 Å². The van der Waals surface area contributed by atoms with Crippen molar-refractivity contribution in [2.24, 2.45) is 10.7 Å². The summed E-state index contributed by atoms with van der Waals surface area (Å²) in [6.45, 7) is 5.77. The molecule has 9 nitrogen and oxygen atoms in total. The average Bonchev–Trinajstić information content (AvgIpc) is 3.33. The SMILES string of the molecule is CN=C(C(C)=CN)c1nc(-c2cc(OC[C@H](O)CNC)ccc2Cl)nc(N2Cc3cccnc3C2)c1C. The molecule has 0 aliphatic carbocycles. The molecule has 0 saturated heterocycles. The largest absolute Gasteiger partial charge is 0.491 e. The van der Waals surface area contributed by atoms with Crippen LogP contribution < -0.4 is 20.7 Å². The standard InChI is InChI=1S/C27H32ClN7O2/c1-16(11-29)24(31-4)25-17(2)27(35-13-18-6-5-9-32-23(18)14-35)34-26(33-25)21-10-20(7-8-22(21)28)37-15-19(36)12-30-3/h5-11,19,30,36H,12-15,29H2,1-4H3/t19-/m1/s1. The first-order valence-corrected chi connectivity index (χ1v) is 12.4. The van der Waals surface area contributed by atoms with Gasteiger partial charge in [0, 0.05) is 37.5 Å². The van der Waals surface area contributed by atoms with E-state index in [9.17, 15) is 5.11 Å². The van der Waals surface area contributed by atoms with Gasteiger partial charge in [0.2, 0.25) is 0 Å². The van der Waals surface area contributed by atoms with Crippen LogP contribution in [0.2, 0.25) is 5.02 Å². The lowest BCUT2D eigenvalue weighted by molar-refractivity contribution is 0.108. The Hall–Kier alpha value is -3.53. The highest BCUT2D eigenvalue weighted by molar-refractivity contribution is 6.33. The molecule has 0 unspecified atom stereocenters. The van der Waals surface area contributed by atoms with Crippen LogP contribution in [0.1, 0.15) is 29.4 Å². The zero-order valence-electron chi connectivity index (χ0n) is 21.5. The maximum absolute atomic E-state index is 10.0. The summed E-state index contributed by atoms with van der Waals surface area (Å²) in [5.74, 6) is 1.77. The molecule has 37 heavy (non-hydrogen) atoms. The third-order valence-corrected chi connectivity index (χ3v) is 6.57. The Morgan fingerprint density at radius 1 is 1.32 bits per heavy atom. The molecule has 1 aliphatic heterocycles. The normalized spacial score (nSPS) is 14.6. The van der Waals surface area contributed by atoms with Crippen LogP contribution in [0.15, 0.2) is 53.3 Å². The van der Waals surface area contributed by atoms with Crippen LogP contribution in [-0.2, 0) is 13.1 Å². The molecule has 0 fully saturated rings. The second kappa shape index (κ2) is 11.7. The Kier molecular flexibility index (Phi) is 8.38. The van der Waals surface area contributed by atoms with Crippen molar-refractivity contribution in [2.45, 2.75) is 33.0 Å². The van der Waals surface area contributed by atoms with Gasteiger partial charge in [0.25, 0.3) is 0 Å². The Balaban J connectivity index is 1.81. The lowest BCUT2D eigenvalue weighted by Gasteiger charge is -2.22. The first kappa shape index (κ1) is 26.5. The number of allylic oxidation sites excluding steroid dienone is 1. The molecule has 2 aromatic heterocycles. The van der Waals surface area contributed by atoms with E-state index in [0.29, 0.717) is 53.2 Å². The molecule has 0 amide bonds. The van der Waals surface area contributed by atoms with Crippen LogP contribution in [0, 0.1) is 6.92 Å². The monoisotopic (exact) mass is 521 g/mol. The number of aliphatic hydroxyl groups excluding tert-OH is 1. The molecule has 3 heterocycles. The number of nitrogens with one attached hydrogen (secondary N) is 1. The lowest BCUT2D eigenvalue weighted by Crippen LogP contribution is -2.29. The van der Waals surface area contributed by atoms with E-state index in [1.807, 2.05) is 26.1 Å². The number of benzene rings is 1. The number of pyridine rings is 1. The number of hydrogen-bond acceptors (Lipinski definition) is 9. The summed E-state index contributed by atoms with van der Waals surface area (Å²) in [6.07, 6.45) is 2.69. The Morgan fingerprint density at radius 2 is 2.14 bits per heavy atom. The summed E-state index contributed by atoms with van der Waals surface area (Å²) >= 11 is 6.64. The van der Waals surface area contributed by atoms with Gasteiger partial charge >= 0.3 is 0 Å². The molecule has 1 aliphatic rings. The van der Waals surface area contributed by atoms with Crippen molar-refractivity contribution in [1.82, 2.24) is 20.3 Å². The van der Waals surface area contributed by atoms with Crippen molar-refractivity contribution in [3.8, 4) is 17.1 Å². The third-order valence-electron chi connectivity index (χ3n) is 6.24. The fourth-order valence-corrected chi connectivity index (χ4v) is 4.52. The van der Waals surface area contributed by atoms with Crippen molar-refractivity contribution in [1.29, 1.82) is 0 Å². The number of rotatable bonds is 9. The average molecular weight is 522 g/mol. The van der Waals surface area contributed by atoms with Gasteiger partial charge in [0.15, 0.2) is 5.82 Å². The topological polar surface area (TPSA) is 122 Å². The van der Waals surface area contributed by atoms with E-state index < -0.39 is 6.10 Å². The van der Waals surface area contributed by atoms with Crippen LogP contribution in [0.4, 0.5) is 5.82 Å². The summed E-state index contributed by atoms with van der Waals surface area (Å²) in [5, 5.41) is 13.4. The number of likely N-dealkylation sites (N-methyl/N-ethyl adjacent to an activating group) is 1. The number of hydrogen-bond donors (Lipinski definition) is 3. The first-order chi connectivity index (χ1) is 17.9. The number of fused-ring (bicyclic) bond motifs is 1. The van der Waals surface area contributed by atoms with Crippen LogP contribution in [-0.4, -0.2) is 59.1 Å². The summed E-state index contributed by atoms with van der Waals surface area (Å²) in [7, 11) is 3.49. The second-order valence-electron chi connectivity index (χ2n) is 8.90. The molecule has 0 bridgehead atoms. The summed E-state index contributed by atoms with van der Waals surface area (Å²) in [6, 6.07) is 9.33. The highest BCUT2D eigenvalue weighted by atomic mass is 35.5. The highest BCUT2D eigenvalue weighted by Gasteiger charge is 2.26. The van der Waals surface area contributed by atoms with Crippen molar-refractivity contribution in [3.63, 3.8) is 0 Å². The number of nitrogens with two attached hydrogens (primary N) is 1. The van der Waals surface area contributed by atoms with E-state index >= 15 is 0 Å². The van der Waals surface area contributed by atoms with Crippen LogP contribution in [0.3, 0.4) is 0 Å².